The van der Waals surface area contributed by atoms with E-state index in [1.807, 2.05) is 0 Å². The van der Waals surface area contributed by atoms with E-state index in [0.717, 1.165) is 0 Å². The summed E-state index contributed by atoms with van der Waals surface area (Å²) < 4.78 is 0. The summed E-state index contributed by atoms with van der Waals surface area (Å²) >= 11 is 1.69. The Labute approximate surface area is 304 Å². The summed E-state index contributed by atoms with van der Waals surface area (Å²) in [6.07, 6.45) is 0. The van der Waals surface area contributed by atoms with Crippen molar-refractivity contribution in [2.75, 3.05) is 0 Å². The minimum Gasteiger partial charge on any atom is -0.165 e. The maximum absolute atomic E-state index is 2.35. The fourth-order valence-corrected chi connectivity index (χ4v) is 8.60. The van der Waals surface area contributed by atoms with E-state index in [0.29, 0.717) is 0 Å². The molecule has 0 bridgehead atoms. The molecule has 49 heavy (non-hydrogen) atoms. The number of benzene rings is 7. The summed E-state index contributed by atoms with van der Waals surface area (Å²) in [6.45, 7) is 6.66. The second-order valence-corrected chi connectivity index (χ2v) is 20.2. The van der Waals surface area contributed by atoms with Crippen molar-refractivity contribution in [3.8, 4) is 22.3 Å². The van der Waals surface area contributed by atoms with E-state index >= 15 is 0 Å². The van der Waals surface area contributed by atoms with Crippen molar-refractivity contribution in [1.82, 2.24) is 0 Å². The van der Waals surface area contributed by atoms with Crippen molar-refractivity contribution < 1.29 is 23.3 Å². The van der Waals surface area contributed by atoms with Gasteiger partial charge in [-0.15, -0.1) is 69.1 Å². The van der Waals surface area contributed by atoms with Gasteiger partial charge in [0.15, 0.2) is 0 Å². The fourth-order valence-electron chi connectivity index (χ4n) is 6.67. The molecule has 0 amide bonds. The first-order valence-corrected chi connectivity index (χ1v) is 22.5. The van der Waals surface area contributed by atoms with E-state index in [9.17, 15) is 0 Å². The number of aryl methyl sites for hydroxylation is 2. The van der Waals surface area contributed by atoms with Crippen LogP contribution < -0.4 is 5.19 Å². The predicted molar refractivity (Wildman–Crippen MR) is 212 cm³/mol. The van der Waals surface area contributed by atoms with Gasteiger partial charge < -0.3 is 0 Å². The van der Waals surface area contributed by atoms with Crippen LogP contribution in [0.25, 0.3) is 65.3 Å². The summed E-state index contributed by atoms with van der Waals surface area (Å²) in [5.74, 6) is 0. The molecule has 0 spiro atoms. The SMILES string of the molecule is C[Si](=[Zr+2])c1ccccc1.Cc1cc2c(-c3ccc4ccccc4c3)cccc2[cH-]1.Cc1cc2c(-c3ccc4ccccc4c3)cccc2[cH-]1. The molecule has 234 valence electrons. The maximum Gasteiger partial charge on any atom is -0.0178 e. The van der Waals surface area contributed by atoms with Crippen molar-refractivity contribution in [2.45, 2.75) is 20.4 Å². The van der Waals surface area contributed by atoms with Gasteiger partial charge >= 0.3 is 70.8 Å². The van der Waals surface area contributed by atoms with Gasteiger partial charge in [-0.2, -0.15) is 12.1 Å². The number of rotatable bonds is 3. The van der Waals surface area contributed by atoms with Crippen LogP contribution in [0.2, 0.25) is 6.55 Å². The normalized spacial score (nSPS) is 10.9. The van der Waals surface area contributed by atoms with Gasteiger partial charge in [-0.3, -0.25) is 0 Å². The van der Waals surface area contributed by atoms with Crippen LogP contribution in [0.1, 0.15) is 11.1 Å². The molecule has 0 radical (unpaired) electrons. The number of fused-ring (bicyclic) bond motifs is 4. The molecular formula is C47H38SiZr. The van der Waals surface area contributed by atoms with Crippen LogP contribution in [-0.4, -0.2) is 5.43 Å². The van der Waals surface area contributed by atoms with Gasteiger partial charge in [-0.05, 0) is 44.8 Å². The zero-order valence-corrected chi connectivity index (χ0v) is 31.7. The van der Waals surface area contributed by atoms with Gasteiger partial charge in [0.1, 0.15) is 0 Å². The Hall–Kier alpha value is -4.62. The maximum atomic E-state index is 2.35. The summed E-state index contributed by atoms with van der Waals surface area (Å²) in [5.41, 5.74) is 7.76. The monoisotopic (exact) mass is 720 g/mol. The first-order valence-electron chi connectivity index (χ1n) is 16.8. The molecule has 0 saturated heterocycles. The molecule has 0 aliphatic rings. The van der Waals surface area contributed by atoms with E-state index in [4.69, 9.17) is 0 Å². The molecule has 0 atom stereocenters. The van der Waals surface area contributed by atoms with Gasteiger partial charge in [0.2, 0.25) is 0 Å². The van der Waals surface area contributed by atoms with E-state index in [-0.39, 0.29) is 5.43 Å². The van der Waals surface area contributed by atoms with Crippen molar-refractivity contribution in [3.05, 3.63) is 187 Å². The van der Waals surface area contributed by atoms with E-state index in [1.54, 1.807) is 28.5 Å². The van der Waals surface area contributed by atoms with Crippen LogP contribution >= 0.6 is 0 Å². The van der Waals surface area contributed by atoms with Gasteiger partial charge in [0.25, 0.3) is 0 Å². The summed E-state index contributed by atoms with van der Waals surface area (Å²) in [5, 5.41) is 12.1. The molecule has 0 unspecified atom stereocenters. The van der Waals surface area contributed by atoms with Crippen molar-refractivity contribution in [1.29, 1.82) is 0 Å². The predicted octanol–water partition coefficient (Wildman–Crippen LogP) is 12.4. The zero-order valence-electron chi connectivity index (χ0n) is 28.2. The first kappa shape index (κ1) is 32.9. The average molecular weight is 722 g/mol. The average Bonchev–Trinajstić information content (AvgIpc) is 3.72. The molecule has 0 aromatic heterocycles. The fraction of sp³-hybridized carbons (Fsp3) is 0.0638. The Morgan fingerprint density at radius 2 is 0.857 bits per heavy atom. The standard InChI is InChI=1S/2C20H15.C7H8Si.Zr/c2*1-14-11-17-7-4-8-19(20(17)12-14)18-10-9-15-5-2-3-6-16(15)13-18;1-8-7-5-3-2-4-6-7;/h2*2-13H,1H3;2-6H,1H3;/q2*-1;;+2. The summed E-state index contributed by atoms with van der Waals surface area (Å²) in [4.78, 5) is 0. The Kier molecular flexibility index (Phi) is 9.99. The molecule has 0 nitrogen and oxygen atoms in total. The molecule has 9 aromatic rings. The van der Waals surface area contributed by atoms with Gasteiger partial charge in [-0.25, -0.2) is 0 Å². The van der Waals surface area contributed by atoms with Crippen LogP contribution in [0.4, 0.5) is 0 Å². The third-order valence-corrected chi connectivity index (χ3v) is 12.4. The topological polar surface area (TPSA) is 0 Å². The Bertz CT molecular complexity index is 2390. The van der Waals surface area contributed by atoms with Gasteiger partial charge in [0.05, 0.1) is 0 Å². The number of hydrogen-bond donors (Lipinski definition) is 0. The van der Waals surface area contributed by atoms with E-state index < -0.39 is 0 Å². The van der Waals surface area contributed by atoms with Gasteiger partial charge in [0, 0.05) is 0 Å². The van der Waals surface area contributed by atoms with E-state index in [2.05, 4.69) is 196 Å². The minimum atomic E-state index is -0.122. The van der Waals surface area contributed by atoms with Gasteiger partial charge in [-0.1, -0.05) is 110 Å². The molecule has 0 heterocycles. The Morgan fingerprint density at radius 1 is 0.429 bits per heavy atom. The van der Waals surface area contributed by atoms with Crippen LogP contribution in [0.5, 0.6) is 0 Å². The summed E-state index contributed by atoms with van der Waals surface area (Å²) in [6, 6.07) is 63.4. The largest absolute Gasteiger partial charge is 0.165 e. The minimum absolute atomic E-state index is 0.122. The van der Waals surface area contributed by atoms with Crippen LogP contribution in [0, 0.1) is 13.8 Å². The van der Waals surface area contributed by atoms with Crippen LogP contribution in [0.15, 0.2) is 176 Å². The van der Waals surface area contributed by atoms with E-state index in [1.165, 1.54) is 76.5 Å². The van der Waals surface area contributed by atoms with Crippen molar-refractivity contribution >= 4 is 53.7 Å². The third-order valence-electron chi connectivity index (χ3n) is 9.12. The molecule has 9 aromatic carbocycles. The molecule has 0 aliphatic carbocycles. The smallest absolute Gasteiger partial charge is 0.0178 e. The third kappa shape index (κ3) is 7.52. The second kappa shape index (κ2) is 14.9. The molecule has 9 rings (SSSR count). The second-order valence-electron chi connectivity index (χ2n) is 12.8. The van der Waals surface area contributed by atoms with Crippen molar-refractivity contribution in [3.63, 3.8) is 0 Å². The molecule has 0 saturated carbocycles. The molecule has 0 aliphatic heterocycles. The molecule has 0 fully saturated rings. The Balaban J connectivity index is 0.000000125. The molecule has 2 heteroatoms. The van der Waals surface area contributed by atoms with Crippen LogP contribution in [0.3, 0.4) is 0 Å². The zero-order chi connectivity index (χ0) is 33.7. The van der Waals surface area contributed by atoms with Crippen molar-refractivity contribution in [2.24, 2.45) is 0 Å². The quantitative estimate of drug-likeness (QED) is 0.126. The van der Waals surface area contributed by atoms with Crippen LogP contribution in [-0.2, 0) is 23.3 Å². The summed E-state index contributed by atoms with van der Waals surface area (Å²) in [7, 11) is 0. The molecular weight excluding hydrogens is 684 g/mol. The Morgan fingerprint density at radius 3 is 1.29 bits per heavy atom. The number of hydrogen-bond acceptors (Lipinski definition) is 0. The molecule has 0 N–H and O–H groups in total. The first-order chi connectivity index (χ1) is 23.9.